The van der Waals surface area contributed by atoms with Gasteiger partial charge in [0.05, 0.1) is 17.1 Å². The van der Waals surface area contributed by atoms with Crippen LogP contribution in [0.4, 0.5) is 13.2 Å². The highest BCUT2D eigenvalue weighted by Gasteiger charge is 2.53. The monoisotopic (exact) mass is 323 g/mol. The lowest BCUT2D eigenvalue weighted by Gasteiger charge is -2.32. The van der Waals surface area contributed by atoms with Gasteiger partial charge >= 0.3 is 6.18 Å². The van der Waals surface area contributed by atoms with Crippen LogP contribution in [-0.4, -0.2) is 27.7 Å². The highest BCUT2D eigenvalue weighted by Crippen LogP contribution is 2.44. The van der Waals surface area contributed by atoms with Gasteiger partial charge in [-0.1, -0.05) is 24.3 Å². The van der Waals surface area contributed by atoms with Gasteiger partial charge < -0.3 is 4.74 Å². The van der Waals surface area contributed by atoms with Gasteiger partial charge in [-0.25, -0.2) is 0 Å². The summed E-state index contributed by atoms with van der Waals surface area (Å²) in [6.45, 7) is -0.675. The van der Waals surface area contributed by atoms with Crippen molar-refractivity contribution in [3.05, 3.63) is 53.1 Å². The minimum atomic E-state index is -4.48. The Hall–Kier alpha value is -2.64. The molecule has 0 bridgehead atoms. The summed E-state index contributed by atoms with van der Waals surface area (Å²) >= 11 is 0. The van der Waals surface area contributed by atoms with Crippen molar-refractivity contribution in [1.29, 1.82) is 0 Å². The molecular weight excluding hydrogens is 311 g/mol. The zero-order valence-electron chi connectivity index (χ0n) is 11.8. The number of rotatable bonds is 3. The highest BCUT2D eigenvalue weighted by molar-refractivity contribution is 5.76. The van der Waals surface area contributed by atoms with Gasteiger partial charge in [-0.2, -0.15) is 18.2 Å². The molecule has 0 saturated carbocycles. The predicted octanol–water partition coefficient (Wildman–Crippen LogP) is 2.76. The van der Waals surface area contributed by atoms with Gasteiger partial charge in [-0.15, -0.1) is 0 Å². The summed E-state index contributed by atoms with van der Waals surface area (Å²) in [5.74, 6) is 0. The Morgan fingerprint density at radius 2 is 2.17 bits per heavy atom. The maximum absolute atomic E-state index is 13.4. The Kier molecular flexibility index (Phi) is 3.67. The smallest absolute Gasteiger partial charge is 0.401 e. The molecule has 1 aliphatic rings. The van der Waals surface area contributed by atoms with Gasteiger partial charge in [0.2, 0.25) is 0 Å². The molecule has 0 saturated heterocycles. The number of pyridine rings is 1. The maximum atomic E-state index is 13.4. The third-order valence-electron chi connectivity index (χ3n) is 3.66. The number of aromatic nitrogens is 3. The van der Waals surface area contributed by atoms with Gasteiger partial charge in [-0.05, 0) is 12.5 Å². The Balaban J connectivity index is 1.89. The Labute approximate surface area is 128 Å². The molecule has 1 atom stereocenters. The van der Waals surface area contributed by atoms with E-state index in [1.165, 1.54) is 30.6 Å². The molecule has 2 aromatic heterocycles. The number of hydrogen-bond acceptors (Lipinski definition) is 4. The van der Waals surface area contributed by atoms with Crippen molar-refractivity contribution in [2.24, 2.45) is 5.41 Å². The van der Waals surface area contributed by atoms with Crippen LogP contribution in [0.3, 0.4) is 0 Å². The molecule has 5 nitrogen and oxygen atoms in total. The van der Waals surface area contributed by atoms with Crippen molar-refractivity contribution in [3.63, 3.8) is 0 Å². The fourth-order valence-electron chi connectivity index (χ4n) is 2.30. The van der Waals surface area contributed by atoms with Crippen LogP contribution >= 0.6 is 0 Å². The Morgan fingerprint density at radius 1 is 1.35 bits per heavy atom. The maximum Gasteiger partial charge on any atom is 0.401 e. The summed E-state index contributed by atoms with van der Waals surface area (Å²) in [7, 11) is 0. The van der Waals surface area contributed by atoms with Crippen molar-refractivity contribution in [3.8, 4) is 6.01 Å². The lowest BCUT2D eigenvalue weighted by atomic mass is 9.81. The van der Waals surface area contributed by atoms with Gasteiger partial charge in [0.1, 0.15) is 12.0 Å². The largest absolute Gasteiger partial charge is 0.463 e. The molecule has 0 aromatic carbocycles. The molecule has 2 aromatic rings. The fourth-order valence-corrected chi connectivity index (χ4v) is 2.30. The van der Waals surface area contributed by atoms with Crippen molar-refractivity contribution in [1.82, 2.24) is 15.0 Å². The average molecular weight is 323 g/mol. The normalized spacial score (nSPS) is 20.8. The molecule has 0 spiro atoms. The quantitative estimate of drug-likeness (QED) is 0.943. The minimum absolute atomic E-state index is 0.230. The van der Waals surface area contributed by atoms with E-state index in [1.807, 2.05) is 0 Å². The molecule has 0 aliphatic heterocycles. The van der Waals surface area contributed by atoms with E-state index >= 15 is 0 Å². The lowest BCUT2D eigenvalue weighted by molar-refractivity contribution is -0.213. The Bertz CT molecular complexity index is 842. The SMILES string of the molecule is O=c1[nH]c(OCC2(C(F)(F)F)C=CC=CC2)nc2cnccc12. The third kappa shape index (κ3) is 2.84. The lowest BCUT2D eigenvalue weighted by Crippen LogP contribution is -2.42. The molecule has 23 heavy (non-hydrogen) atoms. The van der Waals surface area contributed by atoms with E-state index in [0.29, 0.717) is 5.39 Å². The van der Waals surface area contributed by atoms with Crippen molar-refractivity contribution >= 4 is 10.9 Å². The number of halogens is 3. The molecule has 120 valence electrons. The number of allylic oxidation sites excluding steroid dienone is 3. The summed E-state index contributed by atoms with van der Waals surface area (Å²) in [6.07, 6.45) is 3.44. The van der Waals surface area contributed by atoms with E-state index in [2.05, 4.69) is 15.0 Å². The van der Waals surface area contributed by atoms with Crippen molar-refractivity contribution < 1.29 is 17.9 Å². The average Bonchev–Trinajstić information content (AvgIpc) is 2.53. The fraction of sp³-hybridized carbons (Fsp3) is 0.267. The standard InChI is InChI=1S/C15H12F3N3O2/c16-15(17,18)14(5-2-1-3-6-14)9-23-13-20-11-8-19-7-4-10(11)12(22)21-13/h1-5,7-8H,6,9H2,(H,20,21,22). The second kappa shape index (κ2) is 5.53. The summed E-state index contributed by atoms with van der Waals surface area (Å²) in [5, 5.41) is 0.290. The number of fused-ring (bicyclic) bond motifs is 1. The number of ether oxygens (including phenoxy) is 1. The van der Waals surface area contributed by atoms with E-state index in [-0.39, 0.29) is 17.9 Å². The summed E-state index contributed by atoms with van der Waals surface area (Å²) < 4.78 is 45.3. The van der Waals surface area contributed by atoms with Crippen LogP contribution in [0.2, 0.25) is 0 Å². The zero-order valence-corrected chi connectivity index (χ0v) is 11.8. The highest BCUT2D eigenvalue weighted by atomic mass is 19.4. The number of hydrogen-bond donors (Lipinski definition) is 1. The van der Waals surface area contributed by atoms with Crippen LogP contribution in [0.5, 0.6) is 6.01 Å². The molecule has 1 unspecified atom stereocenters. The molecule has 0 amide bonds. The number of aromatic amines is 1. The number of alkyl halides is 3. The number of nitrogens with one attached hydrogen (secondary N) is 1. The first kappa shape index (κ1) is 15.3. The topological polar surface area (TPSA) is 67.9 Å². The third-order valence-corrected chi connectivity index (χ3v) is 3.66. The van der Waals surface area contributed by atoms with Crippen LogP contribution in [0.1, 0.15) is 6.42 Å². The van der Waals surface area contributed by atoms with E-state index in [9.17, 15) is 18.0 Å². The summed E-state index contributed by atoms with van der Waals surface area (Å²) in [6, 6.07) is 1.21. The molecule has 0 radical (unpaired) electrons. The van der Waals surface area contributed by atoms with Crippen LogP contribution in [0.15, 0.2) is 47.6 Å². The van der Waals surface area contributed by atoms with Gasteiger partial charge in [0.25, 0.3) is 11.6 Å². The molecule has 2 heterocycles. The number of H-pyrrole nitrogens is 1. The van der Waals surface area contributed by atoms with Gasteiger partial charge in [0, 0.05) is 6.20 Å². The molecule has 0 fully saturated rings. The second-order valence-electron chi connectivity index (χ2n) is 5.20. The van der Waals surface area contributed by atoms with Crippen LogP contribution < -0.4 is 10.3 Å². The molecule has 8 heteroatoms. The van der Waals surface area contributed by atoms with Crippen LogP contribution in [0.25, 0.3) is 10.9 Å². The first-order valence-electron chi connectivity index (χ1n) is 6.79. The molecule has 3 rings (SSSR count). The van der Waals surface area contributed by atoms with Crippen molar-refractivity contribution in [2.75, 3.05) is 6.61 Å². The van der Waals surface area contributed by atoms with Crippen LogP contribution in [-0.2, 0) is 0 Å². The Morgan fingerprint density at radius 3 is 2.87 bits per heavy atom. The van der Waals surface area contributed by atoms with E-state index in [4.69, 9.17) is 4.74 Å². The van der Waals surface area contributed by atoms with E-state index in [1.54, 1.807) is 6.08 Å². The molecule has 1 aliphatic carbocycles. The molecule has 1 N–H and O–H groups in total. The first-order chi connectivity index (χ1) is 10.9. The summed E-state index contributed by atoms with van der Waals surface area (Å²) in [4.78, 5) is 22.0. The van der Waals surface area contributed by atoms with Crippen LogP contribution in [0, 0.1) is 5.41 Å². The van der Waals surface area contributed by atoms with E-state index in [0.717, 1.165) is 6.08 Å². The van der Waals surface area contributed by atoms with Crippen molar-refractivity contribution in [2.45, 2.75) is 12.6 Å². The first-order valence-corrected chi connectivity index (χ1v) is 6.79. The summed E-state index contributed by atoms with van der Waals surface area (Å²) in [5.41, 5.74) is -2.37. The second-order valence-corrected chi connectivity index (χ2v) is 5.20. The number of nitrogens with zero attached hydrogens (tertiary/aromatic N) is 2. The molecular formula is C15H12F3N3O2. The predicted molar refractivity (Wildman–Crippen MR) is 77.0 cm³/mol. The van der Waals surface area contributed by atoms with Gasteiger partial charge in [0.15, 0.2) is 0 Å². The van der Waals surface area contributed by atoms with E-state index < -0.39 is 23.8 Å². The minimum Gasteiger partial charge on any atom is -0.463 e. The zero-order chi connectivity index (χ0) is 16.5. The van der Waals surface area contributed by atoms with Gasteiger partial charge in [-0.3, -0.25) is 14.8 Å².